The third-order valence-electron chi connectivity index (χ3n) is 4.16. The zero-order valence-electron chi connectivity index (χ0n) is 11.9. The van der Waals surface area contributed by atoms with Crippen molar-refractivity contribution in [1.82, 2.24) is 14.9 Å². The van der Waals surface area contributed by atoms with Crippen LogP contribution in [0, 0.1) is 5.41 Å². The van der Waals surface area contributed by atoms with Gasteiger partial charge in [0.2, 0.25) is 0 Å². The highest BCUT2D eigenvalue weighted by molar-refractivity contribution is 4.92. The number of nitrogens with zero attached hydrogens (tertiary/aromatic N) is 2. The first-order valence-electron chi connectivity index (χ1n) is 7.44. The average Bonchev–Trinajstić information content (AvgIpc) is 2.78. The molecule has 0 aliphatic heterocycles. The Kier molecular flexibility index (Phi) is 4.81. The molecule has 3 heteroatoms. The summed E-state index contributed by atoms with van der Waals surface area (Å²) in [6.07, 6.45) is 12.2. The van der Waals surface area contributed by atoms with Gasteiger partial charge < -0.3 is 9.88 Å². The van der Waals surface area contributed by atoms with Gasteiger partial charge in [-0.15, -0.1) is 0 Å². The van der Waals surface area contributed by atoms with Gasteiger partial charge in [0.1, 0.15) is 5.82 Å². The van der Waals surface area contributed by atoms with Gasteiger partial charge in [-0.3, -0.25) is 0 Å². The van der Waals surface area contributed by atoms with Gasteiger partial charge in [-0.05, 0) is 24.7 Å². The summed E-state index contributed by atoms with van der Waals surface area (Å²) >= 11 is 0. The second-order valence-electron chi connectivity index (χ2n) is 6.01. The first-order chi connectivity index (χ1) is 8.73. The van der Waals surface area contributed by atoms with Crippen LogP contribution in [0.5, 0.6) is 0 Å². The standard InChI is InChI=1S/C15H27N3/c1-3-10-18-11-9-17-14(18)12-16-13-15(2)7-5-4-6-8-15/h9,11,16H,3-8,10,12-13H2,1-2H3. The van der Waals surface area contributed by atoms with E-state index in [9.17, 15) is 0 Å². The number of nitrogens with one attached hydrogen (secondary N) is 1. The molecule has 1 N–H and O–H groups in total. The molecule has 0 atom stereocenters. The van der Waals surface area contributed by atoms with E-state index in [4.69, 9.17) is 0 Å². The minimum atomic E-state index is 0.514. The Morgan fingerprint density at radius 2 is 2.11 bits per heavy atom. The van der Waals surface area contributed by atoms with Gasteiger partial charge >= 0.3 is 0 Å². The van der Waals surface area contributed by atoms with Crippen molar-refractivity contribution in [2.24, 2.45) is 5.41 Å². The molecule has 3 nitrogen and oxygen atoms in total. The van der Waals surface area contributed by atoms with Crippen molar-refractivity contribution in [2.45, 2.75) is 65.5 Å². The van der Waals surface area contributed by atoms with Crippen LogP contribution in [0.25, 0.3) is 0 Å². The molecule has 0 unspecified atom stereocenters. The Labute approximate surface area is 111 Å². The summed E-state index contributed by atoms with van der Waals surface area (Å²) in [5.41, 5.74) is 0.514. The average molecular weight is 249 g/mol. The van der Waals surface area contributed by atoms with Gasteiger partial charge in [0, 0.05) is 25.5 Å². The van der Waals surface area contributed by atoms with Crippen LogP contribution in [-0.4, -0.2) is 16.1 Å². The summed E-state index contributed by atoms with van der Waals surface area (Å²) in [6.45, 7) is 7.75. The van der Waals surface area contributed by atoms with E-state index in [1.807, 2.05) is 6.20 Å². The van der Waals surface area contributed by atoms with E-state index >= 15 is 0 Å². The largest absolute Gasteiger partial charge is 0.334 e. The third kappa shape index (κ3) is 3.58. The molecule has 1 aromatic heterocycles. The van der Waals surface area contributed by atoms with E-state index in [1.54, 1.807) is 0 Å². The highest BCUT2D eigenvalue weighted by Gasteiger charge is 2.26. The van der Waals surface area contributed by atoms with Crippen molar-refractivity contribution in [2.75, 3.05) is 6.54 Å². The molecule has 0 saturated heterocycles. The monoisotopic (exact) mass is 249 g/mol. The van der Waals surface area contributed by atoms with Gasteiger partial charge in [-0.1, -0.05) is 33.1 Å². The van der Waals surface area contributed by atoms with Crippen LogP contribution in [0.2, 0.25) is 0 Å². The molecule has 2 rings (SSSR count). The van der Waals surface area contributed by atoms with Crippen molar-refractivity contribution in [1.29, 1.82) is 0 Å². The second-order valence-corrected chi connectivity index (χ2v) is 6.01. The first-order valence-corrected chi connectivity index (χ1v) is 7.44. The summed E-state index contributed by atoms with van der Waals surface area (Å²) in [6, 6.07) is 0. The molecular formula is C15H27N3. The topological polar surface area (TPSA) is 29.9 Å². The number of aromatic nitrogens is 2. The van der Waals surface area contributed by atoms with Gasteiger partial charge in [-0.25, -0.2) is 4.98 Å². The lowest BCUT2D eigenvalue weighted by atomic mass is 9.76. The molecule has 18 heavy (non-hydrogen) atoms. The smallest absolute Gasteiger partial charge is 0.122 e. The van der Waals surface area contributed by atoms with E-state index < -0.39 is 0 Å². The van der Waals surface area contributed by atoms with Crippen LogP contribution < -0.4 is 5.32 Å². The number of aryl methyl sites for hydroxylation is 1. The molecule has 0 spiro atoms. The Balaban J connectivity index is 1.78. The van der Waals surface area contributed by atoms with Crippen LogP contribution in [0.3, 0.4) is 0 Å². The maximum absolute atomic E-state index is 4.44. The predicted octanol–water partition coefficient (Wildman–Crippen LogP) is 3.35. The van der Waals surface area contributed by atoms with Gasteiger partial charge in [0.25, 0.3) is 0 Å². The molecule has 1 aliphatic rings. The van der Waals surface area contributed by atoms with Crippen molar-refractivity contribution in [3.05, 3.63) is 18.2 Å². The molecule has 1 heterocycles. The van der Waals surface area contributed by atoms with E-state index in [0.29, 0.717) is 5.41 Å². The third-order valence-corrected chi connectivity index (χ3v) is 4.16. The Bertz CT molecular complexity index is 350. The molecule has 1 fully saturated rings. The molecule has 1 aliphatic carbocycles. The van der Waals surface area contributed by atoms with Gasteiger partial charge in [0.15, 0.2) is 0 Å². The second kappa shape index (κ2) is 6.37. The van der Waals surface area contributed by atoms with E-state index in [-0.39, 0.29) is 0 Å². The maximum atomic E-state index is 4.44. The number of imidazole rings is 1. The van der Waals surface area contributed by atoms with Crippen molar-refractivity contribution in [3.63, 3.8) is 0 Å². The molecule has 0 aromatic carbocycles. The van der Waals surface area contributed by atoms with Gasteiger partial charge in [-0.2, -0.15) is 0 Å². The fourth-order valence-corrected chi connectivity index (χ4v) is 3.01. The predicted molar refractivity (Wildman–Crippen MR) is 75.4 cm³/mol. The number of hydrogen-bond donors (Lipinski definition) is 1. The fourth-order valence-electron chi connectivity index (χ4n) is 3.01. The SMILES string of the molecule is CCCn1ccnc1CNCC1(C)CCCCC1. The lowest BCUT2D eigenvalue weighted by Gasteiger charge is -2.33. The molecule has 0 radical (unpaired) electrons. The van der Waals surface area contributed by atoms with Crippen LogP contribution in [0.1, 0.15) is 58.2 Å². The molecule has 1 aromatic rings. The Morgan fingerprint density at radius 1 is 1.33 bits per heavy atom. The fraction of sp³-hybridized carbons (Fsp3) is 0.800. The summed E-state index contributed by atoms with van der Waals surface area (Å²) in [4.78, 5) is 4.44. The maximum Gasteiger partial charge on any atom is 0.122 e. The van der Waals surface area contributed by atoms with Gasteiger partial charge in [0.05, 0.1) is 6.54 Å². The summed E-state index contributed by atoms with van der Waals surface area (Å²) < 4.78 is 2.26. The number of rotatable bonds is 6. The van der Waals surface area contributed by atoms with E-state index in [1.165, 1.54) is 44.3 Å². The zero-order chi connectivity index (χ0) is 12.8. The van der Waals surface area contributed by atoms with Crippen molar-refractivity contribution in [3.8, 4) is 0 Å². The molecule has 1 saturated carbocycles. The normalized spacial score (nSPS) is 19.0. The minimum Gasteiger partial charge on any atom is -0.334 e. The van der Waals surface area contributed by atoms with Crippen molar-refractivity contribution >= 4 is 0 Å². The van der Waals surface area contributed by atoms with E-state index in [2.05, 4.69) is 34.9 Å². The molecular weight excluding hydrogens is 222 g/mol. The lowest BCUT2D eigenvalue weighted by Crippen LogP contribution is -2.33. The highest BCUT2D eigenvalue weighted by atomic mass is 15.1. The first kappa shape index (κ1) is 13.6. The van der Waals surface area contributed by atoms with Crippen LogP contribution in [0.15, 0.2) is 12.4 Å². The molecule has 102 valence electrons. The summed E-state index contributed by atoms with van der Waals surface area (Å²) in [7, 11) is 0. The number of hydrogen-bond acceptors (Lipinski definition) is 2. The summed E-state index contributed by atoms with van der Waals surface area (Å²) in [5.74, 6) is 1.18. The highest BCUT2D eigenvalue weighted by Crippen LogP contribution is 2.34. The summed E-state index contributed by atoms with van der Waals surface area (Å²) in [5, 5.41) is 3.61. The van der Waals surface area contributed by atoms with Crippen LogP contribution in [0.4, 0.5) is 0 Å². The molecule has 0 amide bonds. The Hall–Kier alpha value is -0.830. The minimum absolute atomic E-state index is 0.514. The quantitative estimate of drug-likeness (QED) is 0.838. The zero-order valence-corrected chi connectivity index (χ0v) is 11.9. The Morgan fingerprint density at radius 3 is 2.83 bits per heavy atom. The lowest BCUT2D eigenvalue weighted by molar-refractivity contribution is 0.206. The van der Waals surface area contributed by atoms with Crippen LogP contribution >= 0.6 is 0 Å². The molecule has 0 bridgehead atoms. The van der Waals surface area contributed by atoms with Crippen molar-refractivity contribution < 1.29 is 0 Å². The van der Waals surface area contributed by atoms with Crippen LogP contribution in [-0.2, 0) is 13.1 Å². The van der Waals surface area contributed by atoms with E-state index in [0.717, 1.165) is 19.6 Å².